The largest absolute Gasteiger partial charge is 0.480 e. The number of nitrogens with two attached hydrogens (primary N) is 1. The third-order valence-corrected chi connectivity index (χ3v) is 0.887. The Labute approximate surface area is 51.7 Å². The van der Waals surface area contributed by atoms with E-state index in [1.165, 1.54) is 0 Å². The van der Waals surface area contributed by atoms with Crippen LogP contribution in [0, 0.1) is 0 Å². The molecule has 0 rings (SSSR count). The van der Waals surface area contributed by atoms with Gasteiger partial charge in [-0.1, -0.05) is 0 Å². The topological polar surface area (TPSA) is 104 Å². The molecule has 5 heteroatoms. The van der Waals surface area contributed by atoms with Gasteiger partial charge in [0.1, 0.15) is 12.1 Å². The second-order valence-electron chi connectivity index (χ2n) is 1.61. The van der Waals surface area contributed by atoms with Crippen LogP contribution in [-0.4, -0.2) is 40.0 Å². The Morgan fingerprint density at radius 1 is 1.67 bits per heavy atom. The van der Waals surface area contributed by atoms with Gasteiger partial charge in [0.05, 0.1) is 6.61 Å². The molecule has 0 spiro atoms. The fourth-order valence-electron chi connectivity index (χ4n) is 0.278. The first-order chi connectivity index (χ1) is 4.09. The molecule has 0 aromatic heterocycles. The van der Waals surface area contributed by atoms with Crippen molar-refractivity contribution in [3.05, 3.63) is 0 Å². The van der Waals surface area contributed by atoms with Crippen LogP contribution in [0.2, 0.25) is 0 Å². The van der Waals surface area contributed by atoms with Crippen molar-refractivity contribution in [3.8, 4) is 0 Å². The van der Waals surface area contributed by atoms with Gasteiger partial charge in [0, 0.05) is 0 Å². The lowest BCUT2D eigenvalue weighted by Gasteiger charge is -2.10. The molecule has 0 aliphatic heterocycles. The molecule has 1 unspecified atom stereocenters. The molecule has 54 valence electrons. The minimum atomic E-state index is -1.39. The van der Waals surface area contributed by atoms with E-state index in [-0.39, 0.29) is 0 Å². The number of aliphatic carboxylic acids is 1. The van der Waals surface area contributed by atoms with Crippen LogP contribution in [0.4, 0.5) is 0 Å². The lowest BCUT2D eigenvalue weighted by atomic mass is 10.2. The molecule has 0 radical (unpaired) electrons. The van der Waals surface area contributed by atoms with Crippen molar-refractivity contribution >= 4 is 5.97 Å². The van der Waals surface area contributed by atoms with Crippen LogP contribution in [0.5, 0.6) is 0 Å². The van der Waals surface area contributed by atoms with Crippen molar-refractivity contribution < 1.29 is 20.1 Å². The normalized spacial score (nSPS) is 16.8. The summed E-state index contributed by atoms with van der Waals surface area (Å²) >= 11 is 0. The Morgan fingerprint density at radius 3 is 2.22 bits per heavy atom. The molecule has 0 aliphatic rings. The molecule has 0 saturated heterocycles. The zero-order chi connectivity index (χ0) is 7.44. The molecule has 0 heterocycles. The fourth-order valence-corrected chi connectivity index (χ4v) is 0.278. The minimum absolute atomic E-state index is 0.631. The standard InChI is InChI=1S/C4H9NO4/c5-3(4(8)9)2(7)1-6/h2-3,6-7H,1,5H2,(H,8,9)/t2?,3-/m0/s1. The Hall–Kier alpha value is -0.650. The van der Waals surface area contributed by atoms with E-state index in [2.05, 4.69) is 0 Å². The maximum atomic E-state index is 9.90. The summed E-state index contributed by atoms with van der Waals surface area (Å²) in [4.78, 5) is 9.90. The summed E-state index contributed by atoms with van der Waals surface area (Å²) < 4.78 is 0. The second kappa shape index (κ2) is 3.39. The van der Waals surface area contributed by atoms with Crippen LogP contribution in [0.15, 0.2) is 0 Å². The predicted octanol–water partition coefficient (Wildman–Crippen LogP) is -2.25. The molecule has 0 bridgehead atoms. The van der Waals surface area contributed by atoms with Crippen LogP contribution in [0.25, 0.3) is 0 Å². The summed E-state index contributed by atoms with van der Waals surface area (Å²) in [6.07, 6.45) is -1.37. The van der Waals surface area contributed by atoms with E-state index in [1.807, 2.05) is 0 Å². The van der Waals surface area contributed by atoms with Crippen LogP contribution in [0.3, 0.4) is 0 Å². The van der Waals surface area contributed by atoms with E-state index >= 15 is 0 Å². The lowest BCUT2D eigenvalue weighted by molar-refractivity contribution is -0.141. The highest BCUT2D eigenvalue weighted by Crippen LogP contribution is 1.87. The molecular formula is C4H9NO4. The average Bonchev–Trinajstić information content (AvgIpc) is 1.84. The number of carboxylic acid groups (broad SMARTS) is 1. The molecule has 0 saturated carbocycles. The summed E-state index contributed by atoms with van der Waals surface area (Å²) in [7, 11) is 0. The Morgan fingerprint density at radius 2 is 2.11 bits per heavy atom. The molecule has 0 aromatic rings. The number of rotatable bonds is 3. The van der Waals surface area contributed by atoms with Gasteiger partial charge in [-0.15, -0.1) is 0 Å². The van der Waals surface area contributed by atoms with Gasteiger partial charge < -0.3 is 21.1 Å². The number of hydrogen-bond acceptors (Lipinski definition) is 4. The van der Waals surface area contributed by atoms with Gasteiger partial charge in [-0.2, -0.15) is 0 Å². The van der Waals surface area contributed by atoms with Gasteiger partial charge in [0.2, 0.25) is 0 Å². The maximum absolute atomic E-state index is 9.90. The van der Waals surface area contributed by atoms with Crippen molar-refractivity contribution in [2.24, 2.45) is 5.73 Å². The van der Waals surface area contributed by atoms with E-state index in [0.717, 1.165) is 0 Å². The average molecular weight is 135 g/mol. The number of carbonyl (C=O) groups is 1. The molecule has 5 nitrogen and oxygen atoms in total. The highest BCUT2D eigenvalue weighted by atomic mass is 16.4. The molecule has 0 aromatic carbocycles. The summed E-state index contributed by atoms with van der Waals surface area (Å²) in [5.41, 5.74) is 4.86. The Kier molecular flexibility index (Phi) is 3.15. The number of aliphatic hydroxyl groups is 2. The van der Waals surface area contributed by atoms with Crippen LogP contribution in [-0.2, 0) is 4.79 Å². The van der Waals surface area contributed by atoms with Gasteiger partial charge in [-0.25, -0.2) is 0 Å². The summed E-state index contributed by atoms with van der Waals surface area (Å²) in [5.74, 6) is -1.32. The smallest absolute Gasteiger partial charge is 0.323 e. The maximum Gasteiger partial charge on any atom is 0.323 e. The predicted molar refractivity (Wildman–Crippen MR) is 28.7 cm³/mol. The van der Waals surface area contributed by atoms with Crippen LogP contribution >= 0.6 is 0 Å². The highest BCUT2D eigenvalue weighted by Gasteiger charge is 2.20. The Bertz CT molecular complexity index is 105. The first-order valence-electron chi connectivity index (χ1n) is 2.37. The van der Waals surface area contributed by atoms with Gasteiger partial charge in [-0.05, 0) is 0 Å². The Balaban J connectivity index is 3.72. The first kappa shape index (κ1) is 8.35. The van der Waals surface area contributed by atoms with Gasteiger partial charge >= 0.3 is 5.97 Å². The molecule has 9 heavy (non-hydrogen) atoms. The van der Waals surface area contributed by atoms with E-state index < -0.39 is 24.7 Å². The van der Waals surface area contributed by atoms with E-state index in [4.69, 9.17) is 21.1 Å². The zero-order valence-corrected chi connectivity index (χ0v) is 4.69. The van der Waals surface area contributed by atoms with Crippen LogP contribution < -0.4 is 5.73 Å². The zero-order valence-electron chi connectivity index (χ0n) is 4.69. The van der Waals surface area contributed by atoms with E-state index in [0.29, 0.717) is 0 Å². The lowest BCUT2D eigenvalue weighted by Crippen LogP contribution is -2.43. The SMILES string of the molecule is N[C@H](C(=O)O)C(O)CO. The van der Waals surface area contributed by atoms with E-state index in [9.17, 15) is 4.79 Å². The molecule has 2 atom stereocenters. The molecular weight excluding hydrogens is 126 g/mol. The van der Waals surface area contributed by atoms with E-state index in [1.54, 1.807) is 0 Å². The second-order valence-corrected chi connectivity index (χ2v) is 1.61. The molecule has 0 fully saturated rings. The molecule has 0 aliphatic carbocycles. The summed E-state index contributed by atoms with van der Waals surface area (Å²) in [6.45, 7) is -0.631. The monoisotopic (exact) mass is 135 g/mol. The van der Waals surface area contributed by atoms with Gasteiger partial charge in [-0.3, -0.25) is 4.79 Å². The van der Waals surface area contributed by atoms with Gasteiger partial charge in [0.25, 0.3) is 0 Å². The minimum Gasteiger partial charge on any atom is -0.480 e. The highest BCUT2D eigenvalue weighted by molar-refractivity contribution is 5.73. The van der Waals surface area contributed by atoms with Crippen LogP contribution in [0.1, 0.15) is 0 Å². The number of hydrogen-bond donors (Lipinski definition) is 4. The summed E-state index contributed by atoms with van der Waals surface area (Å²) in [5, 5.41) is 24.8. The third kappa shape index (κ3) is 2.41. The number of carboxylic acids is 1. The van der Waals surface area contributed by atoms with Gasteiger partial charge in [0.15, 0.2) is 0 Å². The number of aliphatic hydroxyl groups excluding tert-OH is 2. The van der Waals surface area contributed by atoms with Crippen molar-refractivity contribution in [2.75, 3.05) is 6.61 Å². The van der Waals surface area contributed by atoms with Crippen molar-refractivity contribution in [1.82, 2.24) is 0 Å². The quantitative estimate of drug-likeness (QED) is 0.350. The van der Waals surface area contributed by atoms with Crippen molar-refractivity contribution in [2.45, 2.75) is 12.1 Å². The molecule has 5 N–H and O–H groups in total. The fraction of sp³-hybridized carbons (Fsp3) is 0.750. The van der Waals surface area contributed by atoms with Crippen molar-refractivity contribution in [1.29, 1.82) is 0 Å². The third-order valence-electron chi connectivity index (χ3n) is 0.887. The molecule has 0 amide bonds. The first-order valence-corrected chi connectivity index (χ1v) is 2.37. The van der Waals surface area contributed by atoms with Crippen molar-refractivity contribution in [3.63, 3.8) is 0 Å². The summed E-state index contributed by atoms with van der Waals surface area (Å²) in [6, 6.07) is -1.39.